The van der Waals surface area contributed by atoms with Gasteiger partial charge in [-0.2, -0.15) is 13.2 Å². The summed E-state index contributed by atoms with van der Waals surface area (Å²) in [4.78, 5) is 10.9. The molecule has 3 nitrogen and oxygen atoms in total. The lowest BCUT2D eigenvalue weighted by atomic mass is 10.2. The third-order valence-corrected chi connectivity index (χ3v) is 1.93. The van der Waals surface area contributed by atoms with Crippen LogP contribution in [0, 0.1) is 5.92 Å². The minimum atomic E-state index is -4.32. The fraction of sp³-hybridized carbons (Fsp3) is 0.923. The highest BCUT2D eigenvalue weighted by Crippen LogP contribution is 2.19. The Morgan fingerprint density at radius 1 is 1.16 bits per heavy atom. The number of halogens is 3. The van der Waals surface area contributed by atoms with Gasteiger partial charge in [-0.3, -0.25) is 10.1 Å². The monoisotopic (exact) mass is 284 g/mol. The molecule has 1 unspecified atom stereocenters. The molecule has 0 heterocycles. The molecule has 1 atom stereocenters. The minimum absolute atomic E-state index is 0.211. The van der Waals surface area contributed by atoms with Gasteiger partial charge in [-0.1, -0.05) is 34.6 Å². The van der Waals surface area contributed by atoms with Crippen LogP contribution < -0.4 is 10.6 Å². The smallest absolute Gasteiger partial charge is 0.315 e. The lowest BCUT2D eigenvalue weighted by Crippen LogP contribution is -2.50. The van der Waals surface area contributed by atoms with Crippen LogP contribution in [0.15, 0.2) is 0 Å². The fourth-order valence-corrected chi connectivity index (χ4v) is 0.954. The molecule has 0 amide bonds. The summed E-state index contributed by atoms with van der Waals surface area (Å²) in [5.74, 6) is 0.612. The standard InChI is InChI=1S/C9H17F3N2O.C4H10/c1-3-7(15)5-14-8(6-13-4-2)9(10,11)12;1-4(2)3/h8,13-14H,3-6H2,1-2H3;4H,1-3H3. The van der Waals surface area contributed by atoms with Crippen molar-refractivity contribution in [2.45, 2.75) is 53.3 Å². The summed E-state index contributed by atoms with van der Waals surface area (Å²) in [5, 5.41) is 4.81. The Balaban J connectivity index is 0. The van der Waals surface area contributed by atoms with Gasteiger partial charge < -0.3 is 5.32 Å². The first-order chi connectivity index (χ1) is 8.65. The van der Waals surface area contributed by atoms with Crippen LogP contribution in [-0.4, -0.2) is 37.6 Å². The Kier molecular flexibility index (Phi) is 12.2. The quantitative estimate of drug-likeness (QED) is 0.755. The molecule has 0 rings (SSSR count). The second-order valence-corrected chi connectivity index (χ2v) is 4.91. The molecule has 0 fully saturated rings. The first-order valence-corrected chi connectivity index (χ1v) is 6.67. The number of Topliss-reactive ketones (excluding diaryl/α,β-unsaturated/α-hetero) is 1. The van der Waals surface area contributed by atoms with E-state index in [1.165, 1.54) is 0 Å². The maximum atomic E-state index is 12.4. The number of alkyl halides is 3. The average Bonchev–Trinajstić information content (AvgIpc) is 2.26. The molecule has 0 aromatic carbocycles. The third kappa shape index (κ3) is 15.3. The second-order valence-electron chi connectivity index (χ2n) is 4.91. The number of rotatable bonds is 7. The molecule has 19 heavy (non-hydrogen) atoms. The van der Waals surface area contributed by atoms with Crippen LogP contribution in [0.2, 0.25) is 0 Å². The van der Waals surface area contributed by atoms with Crippen LogP contribution in [0.5, 0.6) is 0 Å². The molecule has 0 bridgehead atoms. The van der Waals surface area contributed by atoms with E-state index in [9.17, 15) is 18.0 Å². The van der Waals surface area contributed by atoms with Crippen molar-refractivity contribution < 1.29 is 18.0 Å². The SMILES string of the molecule is CC(C)C.CCNCC(NCC(=O)CC)C(F)(F)F. The third-order valence-electron chi connectivity index (χ3n) is 1.93. The van der Waals surface area contributed by atoms with Gasteiger partial charge in [0.25, 0.3) is 0 Å². The molecule has 0 aliphatic heterocycles. The van der Waals surface area contributed by atoms with E-state index in [2.05, 4.69) is 31.4 Å². The normalized spacial score (nSPS) is 12.9. The summed E-state index contributed by atoms with van der Waals surface area (Å²) in [5.41, 5.74) is 0. The van der Waals surface area contributed by atoms with Crippen LogP contribution in [0.4, 0.5) is 13.2 Å². The van der Waals surface area contributed by atoms with Crippen LogP contribution in [-0.2, 0) is 4.79 Å². The molecule has 116 valence electrons. The van der Waals surface area contributed by atoms with Crippen molar-refractivity contribution in [3.63, 3.8) is 0 Å². The van der Waals surface area contributed by atoms with Gasteiger partial charge in [0.2, 0.25) is 0 Å². The molecule has 0 aliphatic rings. The Hall–Kier alpha value is -0.620. The number of nitrogens with one attached hydrogen (secondary N) is 2. The maximum Gasteiger partial charge on any atom is 0.405 e. The van der Waals surface area contributed by atoms with Gasteiger partial charge in [0.15, 0.2) is 0 Å². The fourth-order valence-electron chi connectivity index (χ4n) is 0.954. The zero-order valence-electron chi connectivity index (χ0n) is 12.5. The van der Waals surface area contributed by atoms with Gasteiger partial charge in [0, 0.05) is 13.0 Å². The van der Waals surface area contributed by atoms with E-state index >= 15 is 0 Å². The highest BCUT2D eigenvalue weighted by Gasteiger charge is 2.38. The first-order valence-electron chi connectivity index (χ1n) is 6.67. The lowest BCUT2D eigenvalue weighted by molar-refractivity contribution is -0.155. The second kappa shape index (κ2) is 11.2. The number of carbonyl (C=O) groups is 1. The van der Waals surface area contributed by atoms with Gasteiger partial charge in [0.05, 0.1) is 6.54 Å². The van der Waals surface area contributed by atoms with E-state index in [1.54, 1.807) is 13.8 Å². The minimum Gasteiger partial charge on any atom is -0.315 e. The van der Waals surface area contributed by atoms with Crippen molar-refractivity contribution in [1.29, 1.82) is 0 Å². The lowest BCUT2D eigenvalue weighted by Gasteiger charge is -2.21. The van der Waals surface area contributed by atoms with Crippen molar-refractivity contribution in [1.82, 2.24) is 10.6 Å². The van der Waals surface area contributed by atoms with Crippen LogP contribution in [0.1, 0.15) is 41.0 Å². The van der Waals surface area contributed by atoms with E-state index in [-0.39, 0.29) is 25.3 Å². The molecule has 0 saturated heterocycles. The molecular formula is C13H27F3N2O. The Labute approximate surface area is 114 Å². The predicted molar refractivity (Wildman–Crippen MR) is 72.2 cm³/mol. The summed E-state index contributed by atoms with van der Waals surface area (Å²) in [7, 11) is 0. The van der Waals surface area contributed by atoms with Gasteiger partial charge in [-0.05, 0) is 12.5 Å². The Morgan fingerprint density at radius 3 is 1.95 bits per heavy atom. The highest BCUT2D eigenvalue weighted by molar-refractivity contribution is 5.80. The van der Waals surface area contributed by atoms with Crippen molar-refractivity contribution in [3.8, 4) is 0 Å². The zero-order chi connectivity index (χ0) is 15.5. The van der Waals surface area contributed by atoms with Crippen molar-refractivity contribution in [3.05, 3.63) is 0 Å². The highest BCUT2D eigenvalue weighted by atomic mass is 19.4. The van der Waals surface area contributed by atoms with Crippen molar-refractivity contribution in [2.24, 2.45) is 5.92 Å². The van der Waals surface area contributed by atoms with Crippen molar-refractivity contribution >= 4 is 5.78 Å². The van der Waals surface area contributed by atoms with Gasteiger partial charge >= 0.3 is 6.18 Å². The van der Waals surface area contributed by atoms with E-state index < -0.39 is 12.2 Å². The van der Waals surface area contributed by atoms with Crippen LogP contribution >= 0.6 is 0 Å². The van der Waals surface area contributed by atoms with E-state index in [0.29, 0.717) is 6.54 Å². The molecule has 0 spiro atoms. The van der Waals surface area contributed by atoms with Crippen molar-refractivity contribution in [2.75, 3.05) is 19.6 Å². The van der Waals surface area contributed by atoms with E-state index in [0.717, 1.165) is 5.92 Å². The topological polar surface area (TPSA) is 41.1 Å². The van der Waals surface area contributed by atoms with E-state index in [1.807, 2.05) is 0 Å². The number of hydrogen-bond donors (Lipinski definition) is 2. The largest absolute Gasteiger partial charge is 0.405 e. The maximum absolute atomic E-state index is 12.4. The Bertz CT molecular complexity index is 228. The zero-order valence-corrected chi connectivity index (χ0v) is 12.5. The summed E-state index contributed by atoms with van der Waals surface area (Å²) >= 11 is 0. The van der Waals surface area contributed by atoms with Gasteiger partial charge in [0.1, 0.15) is 11.8 Å². The summed E-state index contributed by atoms with van der Waals surface area (Å²) in [6.07, 6.45) is -4.07. The van der Waals surface area contributed by atoms with E-state index in [4.69, 9.17) is 0 Å². The summed E-state index contributed by atoms with van der Waals surface area (Å²) in [6.45, 7) is 9.88. The summed E-state index contributed by atoms with van der Waals surface area (Å²) < 4.78 is 37.2. The van der Waals surface area contributed by atoms with Crippen LogP contribution in [0.3, 0.4) is 0 Å². The molecule has 0 saturated carbocycles. The molecular weight excluding hydrogens is 257 g/mol. The molecule has 0 aromatic rings. The van der Waals surface area contributed by atoms with Gasteiger partial charge in [-0.15, -0.1) is 0 Å². The predicted octanol–water partition coefficient (Wildman–Crippen LogP) is 2.76. The average molecular weight is 284 g/mol. The number of likely N-dealkylation sites (N-methyl/N-ethyl adjacent to an activating group) is 1. The van der Waals surface area contributed by atoms with Crippen LogP contribution in [0.25, 0.3) is 0 Å². The number of ketones is 1. The summed E-state index contributed by atoms with van der Waals surface area (Å²) in [6, 6.07) is -1.66. The first kappa shape index (κ1) is 20.7. The molecule has 2 N–H and O–H groups in total. The molecule has 6 heteroatoms. The molecule has 0 radical (unpaired) electrons. The number of carbonyl (C=O) groups excluding carboxylic acids is 1. The van der Waals surface area contributed by atoms with Gasteiger partial charge in [-0.25, -0.2) is 0 Å². The Morgan fingerprint density at radius 2 is 1.63 bits per heavy atom. The molecule has 0 aromatic heterocycles. The number of hydrogen-bond acceptors (Lipinski definition) is 3. The molecule has 0 aliphatic carbocycles.